The monoisotopic (exact) mass is 287 g/mol. The molecule has 0 aliphatic heterocycles. The molecule has 0 saturated carbocycles. The zero-order chi connectivity index (χ0) is 12.3. The van der Waals surface area contributed by atoms with Gasteiger partial charge in [-0.25, -0.2) is 4.98 Å². The summed E-state index contributed by atoms with van der Waals surface area (Å²) in [6.07, 6.45) is 0. The first-order valence-electron chi connectivity index (χ1n) is 5.07. The Morgan fingerprint density at radius 3 is 2.88 bits per heavy atom. The highest BCUT2D eigenvalue weighted by Gasteiger charge is 2.05. The van der Waals surface area contributed by atoms with Crippen LogP contribution in [0.15, 0.2) is 23.6 Å². The minimum atomic E-state index is 0.382. The van der Waals surface area contributed by atoms with Crippen molar-refractivity contribution in [2.75, 3.05) is 0 Å². The number of aryl methyl sites for hydroxylation is 1. The minimum absolute atomic E-state index is 0.382. The maximum atomic E-state index is 5.89. The first kappa shape index (κ1) is 12.7. The molecule has 0 aliphatic rings. The Labute approximate surface area is 114 Å². The fourth-order valence-electron chi connectivity index (χ4n) is 1.40. The lowest BCUT2D eigenvalue weighted by molar-refractivity contribution is 0.303. The molecule has 90 valence electrons. The Morgan fingerprint density at radius 2 is 2.24 bits per heavy atom. The van der Waals surface area contributed by atoms with Gasteiger partial charge in [-0.3, -0.25) is 0 Å². The van der Waals surface area contributed by atoms with Crippen LogP contribution < -0.4 is 4.74 Å². The van der Waals surface area contributed by atoms with Gasteiger partial charge < -0.3 is 4.74 Å². The normalized spacial score (nSPS) is 10.5. The van der Waals surface area contributed by atoms with Gasteiger partial charge in [0.1, 0.15) is 17.4 Å². The molecule has 2 rings (SSSR count). The molecule has 1 aromatic heterocycles. The summed E-state index contributed by atoms with van der Waals surface area (Å²) < 4.78 is 5.69. The third kappa shape index (κ3) is 3.35. The van der Waals surface area contributed by atoms with Gasteiger partial charge in [0, 0.05) is 21.7 Å². The second-order valence-corrected chi connectivity index (χ2v) is 5.20. The predicted octanol–water partition coefficient (Wildman–Crippen LogP) is 4.42. The van der Waals surface area contributed by atoms with Crippen molar-refractivity contribution in [1.82, 2.24) is 4.98 Å². The second-order valence-electron chi connectivity index (χ2n) is 3.56. The second kappa shape index (κ2) is 5.71. The Morgan fingerprint density at radius 1 is 1.41 bits per heavy atom. The van der Waals surface area contributed by atoms with Crippen molar-refractivity contribution >= 4 is 34.5 Å². The first-order valence-corrected chi connectivity index (χ1v) is 6.86. The first-order chi connectivity index (χ1) is 8.19. The topological polar surface area (TPSA) is 22.1 Å². The van der Waals surface area contributed by atoms with Crippen LogP contribution >= 0.6 is 34.5 Å². The number of alkyl halides is 1. The van der Waals surface area contributed by atoms with Crippen LogP contribution in [0.1, 0.15) is 16.3 Å². The fourth-order valence-corrected chi connectivity index (χ4v) is 2.49. The van der Waals surface area contributed by atoms with Crippen LogP contribution in [0.3, 0.4) is 0 Å². The Kier molecular flexibility index (Phi) is 4.26. The Bertz CT molecular complexity index is 513. The molecule has 2 nitrogen and oxygen atoms in total. The summed E-state index contributed by atoms with van der Waals surface area (Å²) in [4.78, 5) is 4.33. The smallest absolute Gasteiger partial charge is 0.140 e. The summed E-state index contributed by atoms with van der Waals surface area (Å²) in [5.74, 6) is 1.14. The van der Waals surface area contributed by atoms with Crippen LogP contribution in [0, 0.1) is 6.92 Å². The molecule has 0 fully saturated rings. The number of hydrogen-bond donors (Lipinski definition) is 0. The maximum absolute atomic E-state index is 5.89. The molecule has 1 aromatic carbocycles. The van der Waals surface area contributed by atoms with Gasteiger partial charge >= 0.3 is 0 Å². The summed E-state index contributed by atoms with van der Waals surface area (Å²) in [6.45, 7) is 2.43. The number of nitrogens with zero attached hydrogens (tertiary/aromatic N) is 1. The highest BCUT2D eigenvalue weighted by atomic mass is 35.5. The fraction of sp³-hybridized carbons (Fsp3) is 0.250. The van der Waals surface area contributed by atoms with E-state index in [1.807, 2.05) is 24.4 Å². The quantitative estimate of drug-likeness (QED) is 0.777. The molecule has 2 aromatic rings. The van der Waals surface area contributed by atoms with Gasteiger partial charge in [0.25, 0.3) is 0 Å². The Hall–Kier alpha value is -0.770. The Balaban J connectivity index is 2.08. The van der Waals surface area contributed by atoms with Crippen LogP contribution in [0.4, 0.5) is 0 Å². The standard InChI is InChI=1S/C12H11Cl2NOS/c1-8-7-17-12(15-8)6-16-11-3-2-10(14)4-9(11)5-13/h2-4,7H,5-6H2,1H3. The van der Waals surface area contributed by atoms with Crippen LogP contribution in [-0.2, 0) is 12.5 Å². The molecule has 0 spiro atoms. The molecule has 0 unspecified atom stereocenters. The van der Waals surface area contributed by atoms with E-state index in [1.54, 1.807) is 17.4 Å². The van der Waals surface area contributed by atoms with E-state index in [0.29, 0.717) is 17.5 Å². The van der Waals surface area contributed by atoms with Crippen molar-refractivity contribution in [3.8, 4) is 5.75 Å². The predicted molar refractivity (Wildman–Crippen MR) is 72.2 cm³/mol. The van der Waals surface area contributed by atoms with E-state index in [4.69, 9.17) is 27.9 Å². The largest absolute Gasteiger partial charge is 0.486 e. The number of ether oxygens (including phenoxy) is 1. The summed E-state index contributed by atoms with van der Waals surface area (Å²) in [5.41, 5.74) is 1.91. The van der Waals surface area contributed by atoms with E-state index in [0.717, 1.165) is 22.0 Å². The third-order valence-corrected chi connectivity index (χ3v) is 3.65. The van der Waals surface area contributed by atoms with Crippen LogP contribution in [-0.4, -0.2) is 4.98 Å². The summed E-state index contributed by atoms with van der Waals surface area (Å²) in [5, 5.41) is 3.62. The van der Waals surface area contributed by atoms with E-state index in [2.05, 4.69) is 4.98 Å². The highest BCUT2D eigenvalue weighted by Crippen LogP contribution is 2.25. The SMILES string of the molecule is Cc1csc(COc2ccc(Cl)cc2CCl)n1. The zero-order valence-electron chi connectivity index (χ0n) is 9.24. The summed E-state index contributed by atoms with van der Waals surface area (Å²) in [6, 6.07) is 5.44. The van der Waals surface area contributed by atoms with E-state index in [-0.39, 0.29) is 0 Å². The molecular formula is C12H11Cl2NOS. The van der Waals surface area contributed by atoms with Crippen LogP contribution in [0.2, 0.25) is 5.02 Å². The molecule has 0 atom stereocenters. The molecule has 1 heterocycles. The number of rotatable bonds is 4. The van der Waals surface area contributed by atoms with E-state index >= 15 is 0 Å². The van der Waals surface area contributed by atoms with Gasteiger partial charge in [-0.15, -0.1) is 22.9 Å². The number of thiazole rings is 1. The molecule has 0 N–H and O–H groups in total. The van der Waals surface area contributed by atoms with Gasteiger partial charge in [0.2, 0.25) is 0 Å². The van der Waals surface area contributed by atoms with Gasteiger partial charge in [-0.1, -0.05) is 11.6 Å². The molecule has 5 heteroatoms. The number of benzene rings is 1. The number of hydrogen-bond acceptors (Lipinski definition) is 3. The van der Waals surface area contributed by atoms with Gasteiger partial charge in [0.05, 0.1) is 5.88 Å². The molecular weight excluding hydrogens is 277 g/mol. The van der Waals surface area contributed by atoms with Crippen molar-refractivity contribution < 1.29 is 4.74 Å². The van der Waals surface area contributed by atoms with Gasteiger partial charge in [-0.05, 0) is 25.1 Å². The van der Waals surface area contributed by atoms with Gasteiger partial charge in [0.15, 0.2) is 0 Å². The molecule has 0 bridgehead atoms. The minimum Gasteiger partial charge on any atom is -0.486 e. The van der Waals surface area contributed by atoms with Crippen molar-refractivity contribution in [2.24, 2.45) is 0 Å². The molecule has 0 amide bonds. The van der Waals surface area contributed by atoms with E-state index in [1.165, 1.54) is 0 Å². The average molecular weight is 288 g/mol. The third-order valence-electron chi connectivity index (χ3n) is 2.18. The van der Waals surface area contributed by atoms with Crippen LogP contribution in [0.5, 0.6) is 5.75 Å². The van der Waals surface area contributed by atoms with Gasteiger partial charge in [-0.2, -0.15) is 0 Å². The summed E-state index contributed by atoms with van der Waals surface area (Å²) in [7, 11) is 0. The summed E-state index contributed by atoms with van der Waals surface area (Å²) >= 11 is 13.3. The van der Waals surface area contributed by atoms with E-state index in [9.17, 15) is 0 Å². The van der Waals surface area contributed by atoms with Crippen molar-refractivity contribution in [2.45, 2.75) is 19.4 Å². The zero-order valence-corrected chi connectivity index (χ0v) is 11.6. The lowest BCUT2D eigenvalue weighted by Gasteiger charge is -2.08. The maximum Gasteiger partial charge on any atom is 0.140 e. The van der Waals surface area contributed by atoms with Crippen molar-refractivity contribution in [3.63, 3.8) is 0 Å². The molecule has 0 saturated heterocycles. The van der Waals surface area contributed by atoms with E-state index < -0.39 is 0 Å². The molecule has 0 radical (unpaired) electrons. The van der Waals surface area contributed by atoms with Crippen LogP contribution in [0.25, 0.3) is 0 Å². The lowest BCUT2D eigenvalue weighted by atomic mass is 10.2. The number of aromatic nitrogens is 1. The average Bonchev–Trinajstić information content (AvgIpc) is 2.73. The molecule has 0 aliphatic carbocycles. The molecule has 17 heavy (non-hydrogen) atoms. The van der Waals surface area contributed by atoms with Crippen molar-refractivity contribution in [1.29, 1.82) is 0 Å². The lowest BCUT2D eigenvalue weighted by Crippen LogP contribution is -1.97. The van der Waals surface area contributed by atoms with Crippen molar-refractivity contribution in [3.05, 3.63) is 44.9 Å². The highest BCUT2D eigenvalue weighted by molar-refractivity contribution is 7.09. The number of halogens is 2.